The molecular weight excluding hydrogens is 286 g/mol. The lowest BCUT2D eigenvalue weighted by Gasteiger charge is -2.07. The van der Waals surface area contributed by atoms with Crippen molar-refractivity contribution in [3.63, 3.8) is 0 Å². The van der Waals surface area contributed by atoms with Gasteiger partial charge in [-0.15, -0.1) is 11.3 Å². The number of anilines is 1. The van der Waals surface area contributed by atoms with E-state index in [1.165, 1.54) is 4.88 Å². The van der Waals surface area contributed by atoms with Crippen LogP contribution in [0.15, 0.2) is 28.3 Å². The van der Waals surface area contributed by atoms with Crippen LogP contribution in [-0.4, -0.2) is 9.55 Å². The van der Waals surface area contributed by atoms with Gasteiger partial charge >= 0.3 is 0 Å². The molecule has 2 rings (SSSR count). The highest BCUT2D eigenvalue weighted by molar-refractivity contribution is 9.10. The molecule has 0 aliphatic heterocycles. The molecule has 2 heterocycles. The lowest BCUT2D eigenvalue weighted by atomic mass is 10.4. The molecule has 0 bridgehead atoms. The van der Waals surface area contributed by atoms with Crippen molar-refractivity contribution in [1.82, 2.24) is 9.55 Å². The number of nitrogens with one attached hydrogen (secondary N) is 1. The van der Waals surface area contributed by atoms with Gasteiger partial charge in [0.15, 0.2) is 0 Å². The van der Waals surface area contributed by atoms with Gasteiger partial charge in [0, 0.05) is 33.7 Å². The Morgan fingerprint density at radius 2 is 2.44 bits per heavy atom. The minimum absolute atomic E-state index is 0.830. The maximum Gasteiger partial charge on any atom is 0.203 e. The van der Waals surface area contributed by atoms with Crippen molar-refractivity contribution in [2.75, 3.05) is 5.32 Å². The Labute approximate surface area is 108 Å². The van der Waals surface area contributed by atoms with Gasteiger partial charge < -0.3 is 9.88 Å². The zero-order chi connectivity index (χ0) is 11.4. The third-order valence-electron chi connectivity index (χ3n) is 2.22. The third kappa shape index (κ3) is 2.86. The quantitative estimate of drug-likeness (QED) is 0.912. The van der Waals surface area contributed by atoms with Gasteiger partial charge in [-0.25, -0.2) is 4.98 Å². The molecule has 0 aromatic carbocycles. The van der Waals surface area contributed by atoms with E-state index in [1.54, 1.807) is 11.3 Å². The maximum atomic E-state index is 4.30. The van der Waals surface area contributed by atoms with Crippen LogP contribution in [0.4, 0.5) is 5.95 Å². The summed E-state index contributed by atoms with van der Waals surface area (Å²) >= 11 is 5.20. The fraction of sp³-hybridized carbons (Fsp3) is 0.364. The standard InChI is InChI=1S/C11H14BrN3S/c1-2-4-15-5-3-13-11(15)14-7-10-6-9(12)8-16-10/h3,5-6,8H,2,4,7H2,1H3,(H,13,14). The zero-order valence-corrected chi connectivity index (χ0v) is 11.5. The number of rotatable bonds is 5. The van der Waals surface area contributed by atoms with Crippen LogP contribution in [-0.2, 0) is 13.1 Å². The number of hydrogen-bond acceptors (Lipinski definition) is 3. The van der Waals surface area contributed by atoms with Crippen molar-refractivity contribution in [2.24, 2.45) is 0 Å². The van der Waals surface area contributed by atoms with Gasteiger partial charge in [0.2, 0.25) is 5.95 Å². The first-order chi connectivity index (χ1) is 7.79. The number of aromatic nitrogens is 2. The predicted octanol–water partition coefficient (Wildman–Crippen LogP) is 3.73. The highest BCUT2D eigenvalue weighted by atomic mass is 79.9. The molecule has 0 atom stereocenters. The summed E-state index contributed by atoms with van der Waals surface area (Å²) in [7, 11) is 0. The fourth-order valence-electron chi connectivity index (χ4n) is 1.51. The van der Waals surface area contributed by atoms with Crippen LogP contribution in [0.2, 0.25) is 0 Å². The molecule has 86 valence electrons. The average molecular weight is 300 g/mol. The van der Waals surface area contributed by atoms with Crippen molar-refractivity contribution in [2.45, 2.75) is 26.4 Å². The number of halogens is 1. The summed E-state index contributed by atoms with van der Waals surface area (Å²) in [6.07, 6.45) is 4.97. The van der Waals surface area contributed by atoms with Crippen molar-refractivity contribution >= 4 is 33.2 Å². The fourth-order valence-corrected chi connectivity index (χ4v) is 2.90. The monoisotopic (exact) mass is 299 g/mol. The lowest BCUT2D eigenvalue weighted by molar-refractivity contribution is 0.682. The van der Waals surface area contributed by atoms with Crippen LogP contribution >= 0.6 is 27.3 Å². The Balaban J connectivity index is 1.96. The Hall–Kier alpha value is -0.810. The largest absolute Gasteiger partial charge is 0.351 e. The van der Waals surface area contributed by atoms with Gasteiger partial charge in [-0.3, -0.25) is 0 Å². The molecule has 0 radical (unpaired) electrons. The molecule has 0 fully saturated rings. The Bertz CT molecular complexity index is 450. The first kappa shape index (κ1) is 11.7. The SMILES string of the molecule is CCCn1ccnc1NCc1cc(Br)cs1. The van der Waals surface area contributed by atoms with E-state index in [4.69, 9.17) is 0 Å². The van der Waals surface area contributed by atoms with Gasteiger partial charge in [-0.1, -0.05) is 6.92 Å². The predicted molar refractivity (Wildman–Crippen MR) is 71.9 cm³/mol. The van der Waals surface area contributed by atoms with Crippen LogP contribution in [0.3, 0.4) is 0 Å². The number of nitrogens with zero attached hydrogens (tertiary/aromatic N) is 2. The van der Waals surface area contributed by atoms with E-state index in [9.17, 15) is 0 Å². The van der Waals surface area contributed by atoms with E-state index in [2.05, 4.69) is 49.2 Å². The molecule has 0 amide bonds. The summed E-state index contributed by atoms with van der Waals surface area (Å²) in [6, 6.07) is 2.13. The maximum absolute atomic E-state index is 4.30. The van der Waals surface area contributed by atoms with Gasteiger partial charge in [0.05, 0.1) is 6.54 Å². The van der Waals surface area contributed by atoms with Crippen LogP contribution in [0.25, 0.3) is 0 Å². The summed E-state index contributed by atoms with van der Waals surface area (Å²) in [5.41, 5.74) is 0. The molecule has 0 saturated heterocycles. The Morgan fingerprint density at radius 1 is 1.56 bits per heavy atom. The van der Waals surface area contributed by atoms with E-state index in [0.717, 1.165) is 29.9 Å². The molecule has 1 N–H and O–H groups in total. The summed E-state index contributed by atoms with van der Waals surface area (Å²) in [6.45, 7) is 4.01. The molecular formula is C11H14BrN3S. The van der Waals surface area contributed by atoms with Gasteiger partial charge in [0.1, 0.15) is 0 Å². The van der Waals surface area contributed by atoms with Gasteiger partial charge in [-0.2, -0.15) is 0 Å². The molecule has 0 aliphatic rings. The normalized spacial score (nSPS) is 10.6. The van der Waals surface area contributed by atoms with Crippen LogP contribution in [0.5, 0.6) is 0 Å². The van der Waals surface area contributed by atoms with Crippen molar-refractivity contribution < 1.29 is 0 Å². The Kier molecular flexibility index (Phi) is 4.01. The molecule has 0 unspecified atom stereocenters. The highest BCUT2D eigenvalue weighted by Gasteiger charge is 2.02. The van der Waals surface area contributed by atoms with Crippen LogP contribution < -0.4 is 5.32 Å². The highest BCUT2D eigenvalue weighted by Crippen LogP contribution is 2.20. The van der Waals surface area contributed by atoms with E-state index in [0.29, 0.717) is 0 Å². The third-order valence-corrected chi connectivity index (χ3v) is 3.92. The number of thiophene rings is 1. The minimum atomic E-state index is 0.830. The van der Waals surface area contributed by atoms with E-state index >= 15 is 0 Å². The lowest BCUT2D eigenvalue weighted by Crippen LogP contribution is -2.06. The minimum Gasteiger partial charge on any atom is -0.351 e. The van der Waals surface area contributed by atoms with Gasteiger partial charge in [0.25, 0.3) is 0 Å². The molecule has 2 aromatic rings. The first-order valence-corrected chi connectivity index (χ1v) is 6.94. The summed E-state index contributed by atoms with van der Waals surface area (Å²) in [5, 5.41) is 5.44. The summed E-state index contributed by atoms with van der Waals surface area (Å²) in [4.78, 5) is 5.61. The van der Waals surface area contributed by atoms with E-state index in [1.807, 2.05) is 12.4 Å². The molecule has 16 heavy (non-hydrogen) atoms. The molecule has 0 spiro atoms. The van der Waals surface area contributed by atoms with Crippen molar-refractivity contribution in [1.29, 1.82) is 0 Å². The number of hydrogen-bond donors (Lipinski definition) is 1. The molecule has 3 nitrogen and oxygen atoms in total. The van der Waals surface area contributed by atoms with E-state index < -0.39 is 0 Å². The number of imidazole rings is 1. The van der Waals surface area contributed by atoms with E-state index in [-0.39, 0.29) is 0 Å². The second-order valence-electron chi connectivity index (χ2n) is 3.53. The summed E-state index contributed by atoms with van der Waals surface area (Å²) < 4.78 is 3.29. The van der Waals surface area contributed by atoms with Crippen LogP contribution in [0, 0.1) is 0 Å². The van der Waals surface area contributed by atoms with Gasteiger partial charge in [-0.05, 0) is 28.4 Å². The Morgan fingerprint density at radius 3 is 3.12 bits per heavy atom. The second-order valence-corrected chi connectivity index (χ2v) is 5.44. The number of aryl methyl sites for hydroxylation is 1. The van der Waals surface area contributed by atoms with Crippen molar-refractivity contribution in [3.05, 3.63) is 33.2 Å². The molecule has 0 aliphatic carbocycles. The molecule has 5 heteroatoms. The second kappa shape index (κ2) is 5.50. The summed E-state index contributed by atoms with van der Waals surface area (Å²) in [5.74, 6) is 0.950. The average Bonchev–Trinajstić information content (AvgIpc) is 2.85. The topological polar surface area (TPSA) is 29.9 Å². The smallest absolute Gasteiger partial charge is 0.203 e. The van der Waals surface area contributed by atoms with Crippen molar-refractivity contribution in [3.8, 4) is 0 Å². The van der Waals surface area contributed by atoms with Crippen LogP contribution in [0.1, 0.15) is 18.2 Å². The first-order valence-electron chi connectivity index (χ1n) is 5.27. The molecule has 2 aromatic heterocycles. The zero-order valence-electron chi connectivity index (χ0n) is 9.11. The molecule has 0 saturated carbocycles.